The summed E-state index contributed by atoms with van der Waals surface area (Å²) in [6.07, 6.45) is 0. The Morgan fingerprint density at radius 3 is 2.65 bits per heavy atom. The van der Waals surface area contributed by atoms with Gasteiger partial charge in [0.05, 0.1) is 7.11 Å². The van der Waals surface area contributed by atoms with Crippen molar-refractivity contribution in [3.05, 3.63) is 63.6 Å². The lowest BCUT2D eigenvalue weighted by molar-refractivity contribution is 0.414. The summed E-state index contributed by atoms with van der Waals surface area (Å²) in [4.78, 5) is 0. The Kier molecular flexibility index (Phi) is 5.30. The van der Waals surface area contributed by atoms with Crippen LogP contribution in [0.1, 0.15) is 24.1 Å². The molecule has 0 fully saturated rings. The molecule has 1 unspecified atom stereocenters. The SMILES string of the molecule is COc1cccc(CNC(C)c2ccc(Cl)cc2Cl)c1. The van der Waals surface area contributed by atoms with Crippen molar-refractivity contribution in [2.24, 2.45) is 0 Å². The zero-order valence-electron chi connectivity index (χ0n) is 11.5. The van der Waals surface area contributed by atoms with Gasteiger partial charge in [0, 0.05) is 22.6 Å². The summed E-state index contributed by atoms with van der Waals surface area (Å²) in [6.45, 7) is 2.83. The summed E-state index contributed by atoms with van der Waals surface area (Å²) in [5, 5.41) is 4.78. The number of hydrogen-bond acceptors (Lipinski definition) is 2. The van der Waals surface area contributed by atoms with E-state index in [9.17, 15) is 0 Å². The first kappa shape index (κ1) is 15.2. The van der Waals surface area contributed by atoms with Crippen LogP contribution in [0.25, 0.3) is 0 Å². The van der Waals surface area contributed by atoms with Crippen LogP contribution >= 0.6 is 23.2 Å². The van der Waals surface area contributed by atoms with Gasteiger partial charge in [0.1, 0.15) is 5.75 Å². The molecule has 0 aliphatic heterocycles. The molecule has 2 nitrogen and oxygen atoms in total. The highest BCUT2D eigenvalue weighted by atomic mass is 35.5. The summed E-state index contributed by atoms with van der Waals surface area (Å²) in [5.41, 5.74) is 2.21. The topological polar surface area (TPSA) is 21.3 Å². The highest BCUT2D eigenvalue weighted by Gasteiger charge is 2.09. The van der Waals surface area contributed by atoms with Gasteiger partial charge in [-0.05, 0) is 42.3 Å². The molecule has 0 radical (unpaired) electrons. The molecule has 0 saturated carbocycles. The fourth-order valence-electron chi connectivity index (χ4n) is 2.02. The molecule has 2 aromatic carbocycles. The lowest BCUT2D eigenvalue weighted by Gasteiger charge is -2.16. The maximum Gasteiger partial charge on any atom is 0.119 e. The van der Waals surface area contributed by atoms with Gasteiger partial charge in [0.15, 0.2) is 0 Å². The Labute approximate surface area is 129 Å². The fraction of sp³-hybridized carbons (Fsp3) is 0.250. The largest absolute Gasteiger partial charge is 0.497 e. The lowest BCUT2D eigenvalue weighted by Crippen LogP contribution is -2.18. The predicted octanol–water partition coefficient (Wildman–Crippen LogP) is 4.85. The lowest BCUT2D eigenvalue weighted by atomic mass is 10.1. The predicted molar refractivity (Wildman–Crippen MR) is 84.7 cm³/mol. The van der Waals surface area contributed by atoms with Crippen molar-refractivity contribution < 1.29 is 4.74 Å². The Bertz CT molecular complexity index is 586. The summed E-state index contributed by atoms with van der Waals surface area (Å²) in [5.74, 6) is 0.862. The van der Waals surface area contributed by atoms with E-state index in [1.165, 1.54) is 5.56 Å². The van der Waals surface area contributed by atoms with Crippen LogP contribution in [0, 0.1) is 0 Å². The van der Waals surface area contributed by atoms with Gasteiger partial charge < -0.3 is 10.1 Å². The molecule has 0 aromatic heterocycles. The molecule has 106 valence electrons. The van der Waals surface area contributed by atoms with Crippen molar-refractivity contribution >= 4 is 23.2 Å². The monoisotopic (exact) mass is 309 g/mol. The van der Waals surface area contributed by atoms with Crippen molar-refractivity contribution in [1.82, 2.24) is 5.32 Å². The number of methoxy groups -OCH3 is 1. The van der Waals surface area contributed by atoms with E-state index < -0.39 is 0 Å². The average Bonchev–Trinajstić information content (AvgIpc) is 2.45. The van der Waals surface area contributed by atoms with E-state index in [1.807, 2.05) is 30.3 Å². The van der Waals surface area contributed by atoms with Crippen molar-refractivity contribution in [2.45, 2.75) is 19.5 Å². The van der Waals surface area contributed by atoms with Crippen LogP contribution in [0.5, 0.6) is 5.75 Å². The normalized spacial score (nSPS) is 12.2. The number of nitrogens with one attached hydrogen (secondary N) is 1. The standard InChI is InChI=1S/C16H17Cl2NO/c1-11(15-7-6-13(17)9-16(15)18)19-10-12-4-3-5-14(8-12)20-2/h3-9,11,19H,10H2,1-2H3. The number of ether oxygens (including phenoxy) is 1. The van der Waals surface area contributed by atoms with E-state index in [0.717, 1.165) is 17.9 Å². The zero-order chi connectivity index (χ0) is 14.5. The van der Waals surface area contributed by atoms with Crippen LogP contribution in [0.3, 0.4) is 0 Å². The molecule has 0 aliphatic carbocycles. The van der Waals surface area contributed by atoms with Crippen LogP contribution in [0.15, 0.2) is 42.5 Å². The summed E-state index contributed by atoms with van der Waals surface area (Å²) in [6, 6.07) is 13.7. The summed E-state index contributed by atoms with van der Waals surface area (Å²) in [7, 11) is 1.67. The van der Waals surface area contributed by atoms with Gasteiger partial charge in [-0.1, -0.05) is 41.4 Å². The van der Waals surface area contributed by atoms with Gasteiger partial charge in [0.25, 0.3) is 0 Å². The molecule has 0 heterocycles. The maximum atomic E-state index is 6.21. The molecule has 0 amide bonds. The van der Waals surface area contributed by atoms with Crippen molar-refractivity contribution in [3.63, 3.8) is 0 Å². The van der Waals surface area contributed by atoms with Gasteiger partial charge in [-0.25, -0.2) is 0 Å². The second kappa shape index (κ2) is 6.98. The molecule has 0 aliphatic rings. The first-order chi connectivity index (χ1) is 9.60. The van der Waals surface area contributed by atoms with E-state index in [1.54, 1.807) is 13.2 Å². The quantitative estimate of drug-likeness (QED) is 0.852. The minimum Gasteiger partial charge on any atom is -0.497 e. The second-order valence-electron chi connectivity index (χ2n) is 4.62. The van der Waals surface area contributed by atoms with E-state index >= 15 is 0 Å². The summed E-state index contributed by atoms with van der Waals surface area (Å²) >= 11 is 12.1. The molecule has 1 atom stereocenters. The van der Waals surface area contributed by atoms with Crippen LogP contribution in [0.4, 0.5) is 0 Å². The molecule has 2 aromatic rings. The minimum atomic E-state index is 0.144. The minimum absolute atomic E-state index is 0.144. The third kappa shape index (κ3) is 3.89. The maximum absolute atomic E-state index is 6.21. The molecule has 2 rings (SSSR count). The third-order valence-electron chi connectivity index (χ3n) is 3.18. The average molecular weight is 310 g/mol. The highest BCUT2D eigenvalue weighted by Crippen LogP contribution is 2.26. The van der Waals surface area contributed by atoms with Crippen LogP contribution in [0.2, 0.25) is 10.0 Å². The van der Waals surface area contributed by atoms with E-state index in [0.29, 0.717) is 10.0 Å². The highest BCUT2D eigenvalue weighted by molar-refractivity contribution is 6.35. The number of rotatable bonds is 5. The van der Waals surface area contributed by atoms with Crippen molar-refractivity contribution in [1.29, 1.82) is 0 Å². The molecule has 0 spiro atoms. The summed E-state index contributed by atoms with van der Waals surface area (Å²) < 4.78 is 5.22. The van der Waals surface area contributed by atoms with Crippen molar-refractivity contribution in [2.75, 3.05) is 7.11 Å². The Hall–Kier alpha value is -1.22. The zero-order valence-corrected chi connectivity index (χ0v) is 13.0. The first-order valence-corrected chi connectivity index (χ1v) is 7.17. The molecular formula is C16H17Cl2NO. The molecule has 4 heteroatoms. The van der Waals surface area contributed by atoms with Crippen molar-refractivity contribution in [3.8, 4) is 5.75 Å². The Balaban J connectivity index is 2.02. The molecular weight excluding hydrogens is 293 g/mol. The smallest absolute Gasteiger partial charge is 0.119 e. The van der Waals surface area contributed by atoms with Crippen LogP contribution in [-0.2, 0) is 6.54 Å². The van der Waals surface area contributed by atoms with E-state index in [2.05, 4.69) is 18.3 Å². The Morgan fingerprint density at radius 1 is 1.15 bits per heavy atom. The van der Waals surface area contributed by atoms with Crippen LogP contribution in [-0.4, -0.2) is 7.11 Å². The van der Waals surface area contributed by atoms with Gasteiger partial charge in [-0.15, -0.1) is 0 Å². The third-order valence-corrected chi connectivity index (χ3v) is 3.74. The molecule has 20 heavy (non-hydrogen) atoms. The number of benzene rings is 2. The van der Waals surface area contributed by atoms with E-state index in [4.69, 9.17) is 27.9 Å². The molecule has 0 bridgehead atoms. The van der Waals surface area contributed by atoms with E-state index in [-0.39, 0.29) is 6.04 Å². The van der Waals surface area contributed by atoms with Crippen LogP contribution < -0.4 is 10.1 Å². The molecule has 0 saturated heterocycles. The Morgan fingerprint density at radius 2 is 1.95 bits per heavy atom. The number of hydrogen-bond donors (Lipinski definition) is 1. The number of halogens is 2. The van der Waals surface area contributed by atoms with Gasteiger partial charge in [-0.2, -0.15) is 0 Å². The van der Waals surface area contributed by atoms with Gasteiger partial charge in [0.2, 0.25) is 0 Å². The van der Waals surface area contributed by atoms with Gasteiger partial charge in [-0.3, -0.25) is 0 Å². The molecule has 1 N–H and O–H groups in total. The fourth-order valence-corrected chi connectivity index (χ4v) is 2.59. The first-order valence-electron chi connectivity index (χ1n) is 6.41. The van der Waals surface area contributed by atoms with Gasteiger partial charge >= 0.3 is 0 Å². The second-order valence-corrected chi connectivity index (χ2v) is 5.46.